The number of benzene rings is 1. The van der Waals surface area contributed by atoms with Crippen LogP contribution in [0.1, 0.15) is 54.9 Å². The lowest BCUT2D eigenvalue weighted by Crippen LogP contribution is -2.43. The fourth-order valence-electron chi connectivity index (χ4n) is 4.81. The molecule has 1 amide bonds. The van der Waals surface area contributed by atoms with E-state index in [9.17, 15) is 27.9 Å². The number of ketones is 1. The summed E-state index contributed by atoms with van der Waals surface area (Å²) >= 11 is 0. The van der Waals surface area contributed by atoms with Gasteiger partial charge in [-0.2, -0.15) is 8.42 Å². The number of aryl methyl sites for hydroxylation is 2. The Balaban J connectivity index is 1.52. The van der Waals surface area contributed by atoms with Crippen molar-refractivity contribution in [2.45, 2.75) is 61.7 Å². The molecule has 1 aliphatic rings. The number of aromatic nitrogens is 2. The number of hydrogen-bond acceptors (Lipinski definition) is 10. The number of nitrogens with zero attached hydrogens (tertiary/aromatic N) is 2. The van der Waals surface area contributed by atoms with Gasteiger partial charge in [-0.1, -0.05) is 12.1 Å². The molecule has 1 saturated carbocycles. The highest BCUT2D eigenvalue weighted by atomic mass is 32.2. The lowest BCUT2D eigenvalue weighted by molar-refractivity contribution is -0.122. The van der Waals surface area contributed by atoms with Crippen molar-refractivity contribution in [2.75, 3.05) is 4.72 Å². The average molecular weight is 587 g/mol. The number of nitrogens with one attached hydrogen (secondary N) is 1. The van der Waals surface area contributed by atoms with E-state index in [-0.39, 0.29) is 59.5 Å². The number of hydrogen-bond donors (Lipinski definition) is 5. The molecule has 8 N–H and O–H groups in total. The number of nitrogens with two attached hydrogens (primary N) is 3. The van der Waals surface area contributed by atoms with Crippen molar-refractivity contribution in [3.05, 3.63) is 70.0 Å². The molecule has 1 aliphatic carbocycles. The first-order valence-corrected chi connectivity index (χ1v) is 14.6. The molecular formula is C27H34N6O7S. The molecule has 13 nitrogen and oxygen atoms in total. The molecule has 1 aromatic carbocycles. The number of carbonyl (C=O) groups excluding carboxylic acids is 2. The van der Waals surface area contributed by atoms with Gasteiger partial charge in [0.05, 0.1) is 17.6 Å². The zero-order valence-corrected chi connectivity index (χ0v) is 23.3. The summed E-state index contributed by atoms with van der Waals surface area (Å²) in [5.41, 5.74) is 17.1. The van der Waals surface area contributed by atoms with Gasteiger partial charge < -0.3 is 31.3 Å². The highest BCUT2D eigenvalue weighted by Crippen LogP contribution is 2.48. The van der Waals surface area contributed by atoms with Gasteiger partial charge in [0.1, 0.15) is 11.5 Å². The molecule has 0 aliphatic heterocycles. The number of carbonyl (C=O) groups is 2. The zero-order chi connectivity index (χ0) is 29.9. The molecule has 1 fully saturated rings. The molecule has 2 unspecified atom stereocenters. The van der Waals surface area contributed by atoms with E-state index in [1.54, 1.807) is 31.3 Å². The molecular weight excluding hydrogens is 552 g/mol. The average Bonchev–Trinajstić information content (AvgIpc) is 3.65. The van der Waals surface area contributed by atoms with Crippen LogP contribution in [0.4, 0.5) is 5.69 Å². The molecule has 2 heterocycles. The first kappa shape index (κ1) is 30.0. The van der Waals surface area contributed by atoms with Crippen molar-refractivity contribution < 1.29 is 27.5 Å². The fraction of sp³-hybridized carbons (Fsp3) is 0.407. The molecule has 3 aromatic rings. The van der Waals surface area contributed by atoms with Gasteiger partial charge >= 0.3 is 5.63 Å². The maximum absolute atomic E-state index is 13.1. The van der Waals surface area contributed by atoms with Crippen LogP contribution in [0.5, 0.6) is 5.75 Å². The van der Waals surface area contributed by atoms with E-state index < -0.39 is 45.3 Å². The van der Waals surface area contributed by atoms with Crippen LogP contribution in [0.15, 0.2) is 57.1 Å². The second kappa shape index (κ2) is 12.2. The molecule has 0 bridgehead atoms. The molecule has 2 aromatic heterocycles. The number of amides is 1. The minimum Gasteiger partial charge on any atom is -0.507 e. The van der Waals surface area contributed by atoms with Crippen LogP contribution in [0.25, 0.3) is 0 Å². The number of rotatable bonds is 14. The van der Waals surface area contributed by atoms with Crippen molar-refractivity contribution in [1.29, 1.82) is 0 Å². The van der Waals surface area contributed by atoms with Gasteiger partial charge in [0.2, 0.25) is 11.1 Å². The molecule has 0 radical (unpaired) electrons. The standard InChI is InChI=1S/C27H34N6O7S/c1-33-12-11-31-27(33)41(38,39)32-17-4-2-3-16(13-17)23(15-5-6-15)24-21(34)14-18(40-26(24)37)7-8-19(28)25(36)20(29)9-10-22(30)35/h2-4,11-15,19-20,23,32,34H,5-10,28-29H2,1H3,(H2,30,35)/t19?,20-,23?/m0/s1. The predicted molar refractivity (Wildman–Crippen MR) is 149 cm³/mol. The molecule has 41 heavy (non-hydrogen) atoms. The second-order valence-corrected chi connectivity index (χ2v) is 11.9. The van der Waals surface area contributed by atoms with Crippen molar-refractivity contribution in [1.82, 2.24) is 9.55 Å². The number of Topliss-reactive ketones (excluding diaryl/α,β-unsaturated/α-hetero) is 1. The lowest BCUT2D eigenvalue weighted by Gasteiger charge is -2.19. The summed E-state index contributed by atoms with van der Waals surface area (Å²) in [4.78, 5) is 40.4. The second-order valence-electron chi connectivity index (χ2n) is 10.3. The van der Waals surface area contributed by atoms with Crippen molar-refractivity contribution >= 4 is 27.4 Å². The Kier molecular flexibility index (Phi) is 8.95. The van der Waals surface area contributed by atoms with Gasteiger partial charge in [0.25, 0.3) is 10.0 Å². The highest BCUT2D eigenvalue weighted by molar-refractivity contribution is 7.92. The van der Waals surface area contributed by atoms with Crippen molar-refractivity contribution in [2.24, 2.45) is 30.2 Å². The molecule has 3 atom stereocenters. The summed E-state index contributed by atoms with van der Waals surface area (Å²) in [6.45, 7) is 0. The van der Waals surface area contributed by atoms with Crippen LogP contribution in [0, 0.1) is 5.92 Å². The molecule has 4 rings (SSSR count). The Bertz CT molecular complexity index is 1600. The third-order valence-corrected chi connectivity index (χ3v) is 8.45. The summed E-state index contributed by atoms with van der Waals surface area (Å²) in [5, 5.41) is 10.8. The topological polar surface area (TPSA) is 227 Å². The van der Waals surface area contributed by atoms with Crippen LogP contribution in [-0.2, 0) is 33.1 Å². The Morgan fingerprint density at radius 2 is 1.90 bits per heavy atom. The third kappa shape index (κ3) is 7.20. The normalized spacial score (nSPS) is 15.7. The van der Waals surface area contributed by atoms with E-state index in [0.29, 0.717) is 5.56 Å². The van der Waals surface area contributed by atoms with Gasteiger partial charge in [0, 0.05) is 50.0 Å². The molecule has 0 saturated heterocycles. The zero-order valence-electron chi connectivity index (χ0n) is 22.5. The van der Waals surface area contributed by atoms with Gasteiger partial charge in [-0.3, -0.25) is 14.3 Å². The minimum absolute atomic E-state index is 0.0368. The summed E-state index contributed by atoms with van der Waals surface area (Å²) in [6, 6.07) is 6.09. The Labute approximate surface area is 236 Å². The van der Waals surface area contributed by atoms with Crippen molar-refractivity contribution in [3.63, 3.8) is 0 Å². The predicted octanol–water partition coefficient (Wildman–Crippen LogP) is 0.843. The van der Waals surface area contributed by atoms with Crippen LogP contribution in [-0.4, -0.2) is 46.8 Å². The highest BCUT2D eigenvalue weighted by Gasteiger charge is 2.37. The first-order valence-electron chi connectivity index (χ1n) is 13.2. The van der Waals surface area contributed by atoms with Crippen LogP contribution in [0.3, 0.4) is 0 Å². The van der Waals surface area contributed by atoms with Crippen LogP contribution >= 0.6 is 0 Å². The third-order valence-electron chi connectivity index (χ3n) is 7.07. The van der Waals surface area contributed by atoms with E-state index in [4.69, 9.17) is 21.6 Å². The Morgan fingerprint density at radius 1 is 1.20 bits per heavy atom. The van der Waals surface area contributed by atoms with E-state index in [0.717, 1.165) is 12.8 Å². The minimum atomic E-state index is -3.96. The summed E-state index contributed by atoms with van der Waals surface area (Å²) in [6.07, 6.45) is 4.79. The quantitative estimate of drug-likeness (QED) is 0.179. The van der Waals surface area contributed by atoms with Gasteiger partial charge in [-0.15, -0.1) is 0 Å². The van der Waals surface area contributed by atoms with E-state index >= 15 is 0 Å². The number of imidazole rings is 1. The number of sulfonamides is 1. The fourth-order valence-corrected chi connectivity index (χ4v) is 5.98. The largest absolute Gasteiger partial charge is 0.507 e. The molecule has 0 spiro atoms. The van der Waals surface area contributed by atoms with Gasteiger partial charge in [-0.25, -0.2) is 9.78 Å². The Morgan fingerprint density at radius 3 is 2.51 bits per heavy atom. The van der Waals surface area contributed by atoms with E-state index in [2.05, 4.69) is 9.71 Å². The van der Waals surface area contributed by atoms with E-state index in [1.165, 1.54) is 23.0 Å². The summed E-state index contributed by atoms with van der Waals surface area (Å²) in [5.74, 6) is -1.58. The lowest BCUT2D eigenvalue weighted by atomic mass is 9.87. The maximum atomic E-state index is 13.1. The summed E-state index contributed by atoms with van der Waals surface area (Å²) < 4.78 is 35.1. The first-order chi connectivity index (χ1) is 19.4. The van der Waals surface area contributed by atoms with Crippen molar-refractivity contribution in [3.8, 4) is 5.75 Å². The monoisotopic (exact) mass is 586 g/mol. The van der Waals surface area contributed by atoms with Gasteiger partial charge in [-0.05, 0) is 49.3 Å². The Hall–Kier alpha value is -4.01. The van der Waals surface area contributed by atoms with Crippen LogP contribution in [0.2, 0.25) is 0 Å². The number of aromatic hydroxyl groups is 1. The van der Waals surface area contributed by atoms with Gasteiger partial charge in [0.15, 0.2) is 5.78 Å². The van der Waals surface area contributed by atoms with Crippen LogP contribution < -0.4 is 27.5 Å². The SMILES string of the molecule is Cn1ccnc1S(=O)(=O)Nc1cccc(C(c2c(O)cc(CCC(N)C(=O)[C@@H](N)CCC(N)=O)oc2=O)C2CC2)c1. The maximum Gasteiger partial charge on any atom is 0.343 e. The molecule has 14 heteroatoms. The number of anilines is 1. The number of primary amides is 1. The van der Waals surface area contributed by atoms with E-state index in [1.807, 2.05) is 0 Å². The molecule has 220 valence electrons. The smallest absolute Gasteiger partial charge is 0.343 e. The summed E-state index contributed by atoms with van der Waals surface area (Å²) in [7, 11) is -2.39.